The Morgan fingerprint density at radius 2 is 2.14 bits per heavy atom. The zero-order valence-corrected chi connectivity index (χ0v) is 13.6. The third kappa shape index (κ3) is 2.95. The third-order valence-electron chi connectivity index (χ3n) is 4.19. The summed E-state index contributed by atoms with van der Waals surface area (Å²) in [6.45, 7) is 0.825. The third-order valence-corrected chi connectivity index (χ3v) is 4.75. The van der Waals surface area contributed by atoms with E-state index in [1.165, 1.54) is 6.42 Å². The number of carbonyl (C=O) groups is 1. The molecule has 0 spiro atoms. The van der Waals surface area contributed by atoms with E-state index in [2.05, 4.69) is 25.8 Å². The molecule has 0 bridgehead atoms. The SMILES string of the molecule is O=C(c1cccc2ncccc12)N(CCCBr)C1CCC1. The lowest BCUT2D eigenvalue weighted by molar-refractivity contribution is 0.0583. The van der Waals surface area contributed by atoms with Crippen LogP contribution in [0.15, 0.2) is 36.5 Å². The normalized spacial score (nSPS) is 14.9. The number of fused-ring (bicyclic) bond motifs is 1. The van der Waals surface area contributed by atoms with Gasteiger partial charge in [-0.2, -0.15) is 0 Å². The maximum atomic E-state index is 13.0. The number of hydrogen-bond acceptors (Lipinski definition) is 2. The highest BCUT2D eigenvalue weighted by Gasteiger charge is 2.29. The number of halogens is 1. The maximum absolute atomic E-state index is 13.0. The van der Waals surface area contributed by atoms with Crippen molar-refractivity contribution in [3.05, 3.63) is 42.1 Å². The number of amides is 1. The molecule has 1 amide bonds. The summed E-state index contributed by atoms with van der Waals surface area (Å²) in [5.74, 6) is 0.152. The summed E-state index contributed by atoms with van der Waals surface area (Å²) in [4.78, 5) is 19.4. The number of hydrogen-bond donors (Lipinski definition) is 0. The lowest BCUT2D eigenvalue weighted by Gasteiger charge is -2.37. The van der Waals surface area contributed by atoms with Crippen molar-refractivity contribution in [2.75, 3.05) is 11.9 Å². The van der Waals surface area contributed by atoms with E-state index in [-0.39, 0.29) is 5.91 Å². The van der Waals surface area contributed by atoms with Gasteiger partial charge in [-0.1, -0.05) is 28.1 Å². The predicted octanol–water partition coefficient (Wildman–Crippen LogP) is 4.01. The highest BCUT2D eigenvalue weighted by atomic mass is 79.9. The first-order valence-electron chi connectivity index (χ1n) is 7.52. The van der Waals surface area contributed by atoms with Crippen LogP contribution in [0.4, 0.5) is 0 Å². The number of nitrogens with zero attached hydrogens (tertiary/aromatic N) is 2. The molecule has 0 unspecified atom stereocenters. The van der Waals surface area contributed by atoms with Gasteiger partial charge in [0.05, 0.1) is 5.52 Å². The van der Waals surface area contributed by atoms with Crippen molar-refractivity contribution in [3.63, 3.8) is 0 Å². The molecule has 1 aliphatic carbocycles. The minimum absolute atomic E-state index is 0.152. The van der Waals surface area contributed by atoms with E-state index in [1.54, 1.807) is 6.20 Å². The predicted molar refractivity (Wildman–Crippen MR) is 88.8 cm³/mol. The fourth-order valence-corrected chi connectivity index (χ4v) is 3.07. The van der Waals surface area contributed by atoms with Crippen LogP contribution in [0.2, 0.25) is 0 Å². The largest absolute Gasteiger partial charge is 0.336 e. The van der Waals surface area contributed by atoms with Crippen LogP contribution in [0.1, 0.15) is 36.0 Å². The minimum Gasteiger partial charge on any atom is -0.336 e. The summed E-state index contributed by atoms with van der Waals surface area (Å²) >= 11 is 3.46. The van der Waals surface area contributed by atoms with E-state index in [0.717, 1.165) is 47.6 Å². The van der Waals surface area contributed by atoms with E-state index >= 15 is 0 Å². The second-order valence-corrected chi connectivity index (χ2v) is 6.29. The van der Waals surface area contributed by atoms with Crippen molar-refractivity contribution in [2.45, 2.75) is 31.7 Å². The number of carbonyl (C=O) groups excluding carboxylic acids is 1. The van der Waals surface area contributed by atoms with Crippen LogP contribution in [-0.4, -0.2) is 33.7 Å². The molecule has 3 rings (SSSR count). The van der Waals surface area contributed by atoms with Gasteiger partial charge in [0, 0.05) is 35.1 Å². The molecule has 0 saturated heterocycles. The molecule has 4 heteroatoms. The molecular formula is C17H19BrN2O. The Kier molecular flexibility index (Phi) is 4.54. The molecule has 3 nitrogen and oxygen atoms in total. The monoisotopic (exact) mass is 346 g/mol. The van der Waals surface area contributed by atoms with Crippen LogP contribution >= 0.6 is 15.9 Å². The van der Waals surface area contributed by atoms with Crippen LogP contribution < -0.4 is 0 Å². The quantitative estimate of drug-likeness (QED) is 0.766. The van der Waals surface area contributed by atoms with Gasteiger partial charge in [0.1, 0.15) is 0 Å². The standard InChI is InChI=1S/C17H19BrN2O/c18-10-4-12-20(13-5-1-6-13)17(21)15-7-2-9-16-14(15)8-3-11-19-16/h2-3,7-9,11,13H,1,4-6,10,12H2. The van der Waals surface area contributed by atoms with E-state index in [4.69, 9.17) is 0 Å². The fraction of sp³-hybridized carbons (Fsp3) is 0.412. The van der Waals surface area contributed by atoms with Gasteiger partial charge in [-0.15, -0.1) is 0 Å². The molecule has 1 aliphatic rings. The lowest BCUT2D eigenvalue weighted by Crippen LogP contribution is -2.44. The zero-order valence-electron chi connectivity index (χ0n) is 12.0. The smallest absolute Gasteiger partial charge is 0.254 e. The molecule has 110 valence electrons. The van der Waals surface area contributed by atoms with Crippen molar-refractivity contribution in [2.24, 2.45) is 0 Å². The van der Waals surface area contributed by atoms with Crippen molar-refractivity contribution >= 4 is 32.7 Å². The Labute approximate surface area is 133 Å². The molecule has 1 fully saturated rings. The van der Waals surface area contributed by atoms with Crippen LogP contribution in [-0.2, 0) is 0 Å². The maximum Gasteiger partial charge on any atom is 0.254 e. The number of aromatic nitrogens is 1. The highest BCUT2D eigenvalue weighted by Crippen LogP contribution is 2.28. The van der Waals surface area contributed by atoms with Gasteiger partial charge in [0.25, 0.3) is 5.91 Å². The first kappa shape index (κ1) is 14.5. The van der Waals surface area contributed by atoms with Gasteiger partial charge in [0.2, 0.25) is 0 Å². The first-order chi connectivity index (χ1) is 10.3. The topological polar surface area (TPSA) is 33.2 Å². The van der Waals surface area contributed by atoms with Crippen LogP contribution in [0.5, 0.6) is 0 Å². The van der Waals surface area contributed by atoms with Crippen LogP contribution in [0, 0.1) is 0 Å². The molecular weight excluding hydrogens is 328 g/mol. The summed E-state index contributed by atoms with van der Waals surface area (Å²) in [5, 5.41) is 1.88. The van der Waals surface area contributed by atoms with E-state index in [1.807, 2.05) is 30.3 Å². The summed E-state index contributed by atoms with van der Waals surface area (Å²) in [7, 11) is 0. The summed E-state index contributed by atoms with van der Waals surface area (Å²) in [6, 6.07) is 10.1. The zero-order chi connectivity index (χ0) is 14.7. The Bertz CT molecular complexity index is 634. The van der Waals surface area contributed by atoms with Gasteiger partial charge in [0.15, 0.2) is 0 Å². The van der Waals surface area contributed by atoms with Crippen molar-refractivity contribution < 1.29 is 4.79 Å². The van der Waals surface area contributed by atoms with Gasteiger partial charge >= 0.3 is 0 Å². The van der Waals surface area contributed by atoms with Crippen molar-refractivity contribution in [1.29, 1.82) is 0 Å². The Morgan fingerprint density at radius 1 is 1.29 bits per heavy atom. The second kappa shape index (κ2) is 6.56. The average molecular weight is 347 g/mol. The Morgan fingerprint density at radius 3 is 2.86 bits per heavy atom. The van der Waals surface area contributed by atoms with Gasteiger partial charge in [-0.25, -0.2) is 0 Å². The number of alkyl halides is 1. The van der Waals surface area contributed by atoms with E-state index in [9.17, 15) is 4.79 Å². The molecule has 0 atom stereocenters. The number of rotatable bonds is 5. The number of benzene rings is 1. The summed E-state index contributed by atoms with van der Waals surface area (Å²) in [6.07, 6.45) is 6.27. The lowest BCUT2D eigenvalue weighted by atomic mass is 9.90. The van der Waals surface area contributed by atoms with E-state index < -0.39 is 0 Å². The fourth-order valence-electron chi connectivity index (χ4n) is 2.82. The number of pyridine rings is 1. The highest BCUT2D eigenvalue weighted by molar-refractivity contribution is 9.09. The van der Waals surface area contributed by atoms with E-state index in [0.29, 0.717) is 6.04 Å². The van der Waals surface area contributed by atoms with Crippen molar-refractivity contribution in [3.8, 4) is 0 Å². The van der Waals surface area contributed by atoms with Gasteiger partial charge < -0.3 is 4.90 Å². The summed E-state index contributed by atoms with van der Waals surface area (Å²) < 4.78 is 0. The molecule has 1 aromatic carbocycles. The Hall–Kier alpha value is -1.42. The molecule has 1 aromatic heterocycles. The minimum atomic E-state index is 0.152. The average Bonchev–Trinajstić information content (AvgIpc) is 2.48. The van der Waals surface area contributed by atoms with Crippen LogP contribution in [0.25, 0.3) is 10.9 Å². The molecule has 2 aromatic rings. The summed E-state index contributed by atoms with van der Waals surface area (Å²) in [5.41, 5.74) is 1.67. The molecule has 0 aliphatic heterocycles. The second-order valence-electron chi connectivity index (χ2n) is 5.50. The van der Waals surface area contributed by atoms with Gasteiger partial charge in [-0.05, 0) is 43.9 Å². The first-order valence-corrected chi connectivity index (χ1v) is 8.64. The molecule has 0 N–H and O–H groups in total. The van der Waals surface area contributed by atoms with Crippen molar-refractivity contribution in [1.82, 2.24) is 9.88 Å². The van der Waals surface area contributed by atoms with Gasteiger partial charge in [-0.3, -0.25) is 9.78 Å². The molecule has 1 saturated carbocycles. The molecule has 21 heavy (non-hydrogen) atoms. The van der Waals surface area contributed by atoms with Crippen LogP contribution in [0.3, 0.4) is 0 Å². The molecule has 1 heterocycles. The Balaban J connectivity index is 1.93. The molecule has 0 radical (unpaired) electrons.